The third-order valence-corrected chi connectivity index (χ3v) is 2.12. The van der Waals surface area contributed by atoms with Crippen LogP contribution < -0.4 is 0 Å². The molecule has 0 bridgehead atoms. The molecule has 1 fully saturated rings. The lowest BCUT2D eigenvalue weighted by Crippen LogP contribution is -2.53. The van der Waals surface area contributed by atoms with Crippen LogP contribution in [-0.2, 0) is 4.79 Å². The fourth-order valence-corrected chi connectivity index (χ4v) is 1.21. The molecule has 0 aromatic rings. The molecule has 1 saturated heterocycles. The average molecular weight is 143 g/mol. The molecule has 1 rings (SSSR count). The molecule has 3 heteroatoms. The monoisotopic (exact) mass is 143 g/mol. The molecule has 0 aliphatic carbocycles. The van der Waals surface area contributed by atoms with Crippen LogP contribution in [0.1, 0.15) is 13.3 Å². The van der Waals surface area contributed by atoms with E-state index in [-0.39, 0.29) is 11.8 Å². The minimum Gasteiger partial charge on any atom is -0.384 e. The standard InChI is InChI=1S/C7H13NO2/c1-5(9)7(10)6-3-4-8(6)2/h6-7,10H,3-4H2,1-2H3. The summed E-state index contributed by atoms with van der Waals surface area (Å²) in [5.41, 5.74) is 0. The Balaban J connectivity index is 2.41. The molecule has 10 heavy (non-hydrogen) atoms. The van der Waals surface area contributed by atoms with E-state index in [1.54, 1.807) is 0 Å². The molecule has 1 aliphatic rings. The molecule has 0 radical (unpaired) electrons. The molecule has 1 aliphatic heterocycles. The number of rotatable bonds is 2. The summed E-state index contributed by atoms with van der Waals surface area (Å²) < 4.78 is 0. The van der Waals surface area contributed by atoms with Crippen LogP contribution in [0, 0.1) is 0 Å². The predicted octanol–water partition coefficient (Wildman–Crippen LogP) is -0.360. The minimum absolute atomic E-state index is 0.0810. The van der Waals surface area contributed by atoms with Crippen LogP contribution in [0.3, 0.4) is 0 Å². The summed E-state index contributed by atoms with van der Waals surface area (Å²) in [6.45, 7) is 2.42. The van der Waals surface area contributed by atoms with Gasteiger partial charge in [-0.2, -0.15) is 0 Å². The molecule has 0 spiro atoms. The second kappa shape index (κ2) is 2.68. The highest BCUT2D eigenvalue weighted by molar-refractivity contribution is 5.81. The van der Waals surface area contributed by atoms with E-state index in [4.69, 9.17) is 0 Å². The van der Waals surface area contributed by atoms with Crippen LogP contribution in [0.4, 0.5) is 0 Å². The number of carbonyl (C=O) groups excluding carboxylic acids is 1. The zero-order valence-electron chi connectivity index (χ0n) is 6.37. The number of carbonyl (C=O) groups is 1. The van der Waals surface area contributed by atoms with Gasteiger partial charge < -0.3 is 10.0 Å². The third kappa shape index (κ3) is 1.20. The van der Waals surface area contributed by atoms with E-state index >= 15 is 0 Å². The highest BCUT2D eigenvalue weighted by atomic mass is 16.3. The van der Waals surface area contributed by atoms with E-state index in [1.807, 2.05) is 11.9 Å². The van der Waals surface area contributed by atoms with Crippen LogP contribution in [0.15, 0.2) is 0 Å². The van der Waals surface area contributed by atoms with Gasteiger partial charge in [-0.1, -0.05) is 0 Å². The van der Waals surface area contributed by atoms with Gasteiger partial charge in [0.2, 0.25) is 0 Å². The average Bonchev–Trinajstić information content (AvgIpc) is 1.84. The van der Waals surface area contributed by atoms with Crippen molar-refractivity contribution in [2.75, 3.05) is 13.6 Å². The maximum atomic E-state index is 10.6. The van der Waals surface area contributed by atoms with E-state index in [0.717, 1.165) is 13.0 Å². The zero-order valence-corrected chi connectivity index (χ0v) is 6.37. The molecule has 0 aromatic carbocycles. The molecule has 0 saturated carbocycles. The van der Waals surface area contributed by atoms with Crippen LogP contribution >= 0.6 is 0 Å². The quantitative estimate of drug-likeness (QED) is 0.574. The number of hydrogen-bond acceptors (Lipinski definition) is 3. The normalized spacial score (nSPS) is 29.3. The van der Waals surface area contributed by atoms with Gasteiger partial charge >= 0.3 is 0 Å². The Morgan fingerprint density at radius 2 is 2.40 bits per heavy atom. The second-order valence-corrected chi connectivity index (χ2v) is 2.89. The molecule has 3 nitrogen and oxygen atoms in total. The van der Waals surface area contributed by atoms with Crippen molar-refractivity contribution in [3.05, 3.63) is 0 Å². The van der Waals surface area contributed by atoms with E-state index in [0.29, 0.717) is 0 Å². The largest absolute Gasteiger partial charge is 0.384 e. The van der Waals surface area contributed by atoms with Gasteiger partial charge in [0.15, 0.2) is 5.78 Å². The highest BCUT2D eigenvalue weighted by Crippen LogP contribution is 2.18. The second-order valence-electron chi connectivity index (χ2n) is 2.89. The Kier molecular flexibility index (Phi) is 2.06. The fourth-order valence-electron chi connectivity index (χ4n) is 1.21. The summed E-state index contributed by atoms with van der Waals surface area (Å²) in [5.74, 6) is -0.128. The molecule has 58 valence electrons. The molecule has 1 N–H and O–H groups in total. The van der Waals surface area contributed by atoms with Gasteiger partial charge in [-0.3, -0.25) is 4.79 Å². The smallest absolute Gasteiger partial charge is 0.159 e. The van der Waals surface area contributed by atoms with E-state index in [9.17, 15) is 9.90 Å². The van der Waals surface area contributed by atoms with Gasteiger partial charge in [0.05, 0.1) is 0 Å². The van der Waals surface area contributed by atoms with Crippen molar-refractivity contribution in [2.45, 2.75) is 25.5 Å². The Morgan fingerprint density at radius 3 is 2.50 bits per heavy atom. The maximum Gasteiger partial charge on any atom is 0.159 e. The molecule has 2 unspecified atom stereocenters. The van der Waals surface area contributed by atoms with Crippen molar-refractivity contribution < 1.29 is 9.90 Å². The van der Waals surface area contributed by atoms with E-state index in [2.05, 4.69) is 0 Å². The first-order valence-electron chi connectivity index (χ1n) is 3.51. The highest BCUT2D eigenvalue weighted by Gasteiger charge is 2.33. The summed E-state index contributed by atoms with van der Waals surface area (Å²) >= 11 is 0. The molecule has 2 atom stereocenters. The Labute approximate surface area is 60.6 Å². The summed E-state index contributed by atoms with van der Waals surface area (Å²) in [5, 5.41) is 9.23. The molecular formula is C7H13NO2. The number of ketones is 1. The predicted molar refractivity (Wildman–Crippen MR) is 37.7 cm³/mol. The first kappa shape index (κ1) is 7.69. The lowest BCUT2D eigenvalue weighted by molar-refractivity contribution is -0.131. The van der Waals surface area contributed by atoms with Crippen LogP contribution in [0.25, 0.3) is 0 Å². The van der Waals surface area contributed by atoms with Crippen LogP contribution in [0.2, 0.25) is 0 Å². The van der Waals surface area contributed by atoms with Gasteiger partial charge in [-0.15, -0.1) is 0 Å². The number of hydrogen-bond donors (Lipinski definition) is 1. The SMILES string of the molecule is CC(=O)C(O)C1CCN1C. The Morgan fingerprint density at radius 1 is 1.80 bits per heavy atom. The third-order valence-electron chi connectivity index (χ3n) is 2.12. The molecule has 0 amide bonds. The molecular weight excluding hydrogens is 130 g/mol. The van der Waals surface area contributed by atoms with E-state index in [1.165, 1.54) is 6.92 Å². The van der Waals surface area contributed by atoms with Crippen molar-refractivity contribution in [3.8, 4) is 0 Å². The van der Waals surface area contributed by atoms with Crippen LogP contribution in [0.5, 0.6) is 0 Å². The number of Topliss-reactive ketones (excluding diaryl/α,β-unsaturated/α-hetero) is 1. The van der Waals surface area contributed by atoms with Gasteiger partial charge in [-0.05, 0) is 26.9 Å². The van der Waals surface area contributed by atoms with Gasteiger partial charge in [-0.25, -0.2) is 0 Å². The van der Waals surface area contributed by atoms with Gasteiger partial charge in [0.25, 0.3) is 0 Å². The maximum absolute atomic E-state index is 10.6. The number of aliphatic hydroxyl groups excluding tert-OH is 1. The summed E-state index contributed by atoms with van der Waals surface area (Å²) in [6, 6.07) is 0.0810. The summed E-state index contributed by atoms with van der Waals surface area (Å²) in [6.07, 6.45) is 0.177. The van der Waals surface area contributed by atoms with Gasteiger partial charge in [0, 0.05) is 6.04 Å². The van der Waals surface area contributed by atoms with Crippen molar-refractivity contribution >= 4 is 5.78 Å². The molecule has 0 aromatic heterocycles. The topological polar surface area (TPSA) is 40.5 Å². The van der Waals surface area contributed by atoms with Crippen LogP contribution in [-0.4, -0.2) is 41.5 Å². The first-order valence-corrected chi connectivity index (χ1v) is 3.51. The van der Waals surface area contributed by atoms with E-state index < -0.39 is 6.10 Å². The number of aliphatic hydroxyl groups is 1. The zero-order chi connectivity index (χ0) is 7.72. The fraction of sp³-hybridized carbons (Fsp3) is 0.857. The van der Waals surface area contributed by atoms with Gasteiger partial charge in [0.1, 0.15) is 6.10 Å². The van der Waals surface area contributed by atoms with Crippen molar-refractivity contribution in [1.29, 1.82) is 0 Å². The number of likely N-dealkylation sites (tertiary alicyclic amines) is 1. The lowest BCUT2D eigenvalue weighted by atomic mass is 9.96. The summed E-state index contributed by atoms with van der Waals surface area (Å²) in [4.78, 5) is 12.6. The lowest BCUT2D eigenvalue weighted by Gasteiger charge is -2.39. The first-order chi connectivity index (χ1) is 4.63. The van der Waals surface area contributed by atoms with Crippen molar-refractivity contribution in [1.82, 2.24) is 4.90 Å². The Hall–Kier alpha value is -0.410. The van der Waals surface area contributed by atoms with Crippen molar-refractivity contribution in [2.24, 2.45) is 0 Å². The Bertz CT molecular complexity index is 147. The molecule has 1 heterocycles. The summed E-state index contributed by atoms with van der Waals surface area (Å²) in [7, 11) is 1.92. The van der Waals surface area contributed by atoms with Crippen molar-refractivity contribution in [3.63, 3.8) is 0 Å². The number of nitrogens with zero attached hydrogens (tertiary/aromatic N) is 1. The number of likely N-dealkylation sites (N-methyl/N-ethyl adjacent to an activating group) is 1. The minimum atomic E-state index is -0.765.